The number of halogens is 1. The summed E-state index contributed by atoms with van der Waals surface area (Å²) in [5.74, 6) is 3.93. The van der Waals surface area contributed by atoms with Gasteiger partial charge in [-0.15, -0.1) is 24.0 Å². The molecule has 0 unspecified atom stereocenters. The van der Waals surface area contributed by atoms with E-state index in [0.717, 1.165) is 48.8 Å². The number of anilines is 1. The number of hydrogen-bond acceptors (Lipinski definition) is 6. The highest BCUT2D eigenvalue weighted by Gasteiger charge is 2.12. The van der Waals surface area contributed by atoms with Crippen molar-refractivity contribution < 1.29 is 14.0 Å². The molecule has 1 aromatic heterocycles. The first kappa shape index (κ1) is 22.3. The molecule has 2 heterocycles. The van der Waals surface area contributed by atoms with E-state index >= 15 is 0 Å². The summed E-state index contributed by atoms with van der Waals surface area (Å²) in [6, 6.07) is 5.80. The summed E-state index contributed by atoms with van der Waals surface area (Å²) in [6.07, 6.45) is 2.48. The van der Waals surface area contributed by atoms with Crippen LogP contribution in [0.1, 0.15) is 44.3 Å². The lowest BCUT2D eigenvalue weighted by Crippen LogP contribution is -2.31. The molecule has 154 valence electrons. The van der Waals surface area contributed by atoms with Crippen molar-refractivity contribution in [2.75, 3.05) is 32.1 Å². The second-order valence-electron chi connectivity index (χ2n) is 6.64. The number of rotatable bonds is 6. The minimum atomic E-state index is 0. The van der Waals surface area contributed by atoms with Crippen molar-refractivity contribution in [1.82, 2.24) is 15.5 Å². The van der Waals surface area contributed by atoms with Crippen LogP contribution in [0.4, 0.5) is 5.69 Å². The fourth-order valence-corrected chi connectivity index (χ4v) is 2.61. The molecule has 3 rings (SSSR count). The number of benzene rings is 1. The van der Waals surface area contributed by atoms with E-state index in [1.807, 2.05) is 32.0 Å². The number of aliphatic imine (C=N–C) groups is 1. The van der Waals surface area contributed by atoms with Crippen molar-refractivity contribution in [3.8, 4) is 11.5 Å². The lowest BCUT2D eigenvalue weighted by molar-refractivity contribution is 0.297. The molecule has 0 bridgehead atoms. The molecule has 0 saturated carbocycles. The Hall–Kier alpha value is -2.04. The fraction of sp³-hybridized carbons (Fsp3) is 0.526. The van der Waals surface area contributed by atoms with Crippen molar-refractivity contribution in [3.63, 3.8) is 0 Å². The van der Waals surface area contributed by atoms with E-state index in [1.165, 1.54) is 0 Å². The normalized spacial score (nSPS) is 13.6. The third-order valence-electron chi connectivity index (χ3n) is 4.09. The molecule has 0 spiro atoms. The predicted molar refractivity (Wildman–Crippen MR) is 119 cm³/mol. The summed E-state index contributed by atoms with van der Waals surface area (Å²) in [7, 11) is 1.74. The van der Waals surface area contributed by atoms with Crippen LogP contribution < -0.4 is 20.1 Å². The summed E-state index contributed by atoms with van der Waals surface area (Å²) in [6.45, 7) is 6.18. The molecular weight excluding hydrogens is 473 g/mol. The molecule has 0 aliphatic carbocycles. The molecule has 1 aromatic carbocycles. The lowest BCUT2D eigenvalue weighted by atomic mass is 10.2. The van der Waals surface area contributed by atoms with Crippen LogP contribution in [0.5, 0.6) is 11.5 Å². The van der Waals surface area contributed by atoms with Gasteiger partial charge in [0.2, 0.25) is 5.89 Å². The first-order valence-electron chi connectivity index (χ1n) is 9.35. The number of ether oxygens (including phenoxy) is 2. The van der Waals surface area contributed by atoms with Gasteiger partial charge in [-0.2, -0.15) is 4.98 Å². The molecule has 2 aromatic rings. The molecule has 0 radical (unpaired) electrons. The van der Waals surface area contributed by atoms with Gasteiger partial charge in [-0.25, -0.2) is 0 Å². The number of aryl methyl sites for hydroxylation is 1. The lowest BCUT2D eigenvalue weighted by Gasteiger charge is -2.13. The molecule has 8 nitrogen and oxygen atoms in total. The molecule has 1 aliphatic rings. The van der Waals surface area contributed by atoms with Crippen LogP contribution in [-0.4, -0.2) is 42.9 Å². The quantitative estimate of drug-likeness (QED) is 0.271. The van der Waals surface area contributed by atoms with E-state index in [0.29, 0.717) is 25.1 Å². The summed E-state index contributed by atoms with van der Waals surface area (Å²) >= 11 is 0. The van der Waals surface area contributed by atoms with Gasteiger partial charge >= 0.3 is 0 Å². The van der Waals surface area contributed by atoms with Crippen LogP contribution in [0, 0.1) is 0 Å². The highest BCUT2D eigenvalue weighted by molar-refractivity contribution is 14.0. The fourth-order valence-electron chi connectivity index (χ4n) is 2.61. The van der Waals surface area contributed by atoms with Crippen molar-refractivity contribution in [2.24, 2.45) is 4.99 Å². The van der Waals surface area contributed by atoms with Crippen LogP contribution in [-0.2, 0) is 6.42 Å². The van der Waals surface area contributed by atoms with Gasteiger partial charge in [0.1, 0.15) is 0 Å². The Bertz CT molecular complexity index is 779. The summed E-state index contributed by atoms with van der Waals surface area (Å²) < 4.78 is 16.6. The number of hydrogen-bond donors (Lipinski definition) is 2. The average molecular weight is 501 g/mol. The number of aromatic nitrogens is 2. The Kier molecular flexibility index (Phi) is 8.81. The third-order valence-corrected chi connectivity index (χ3v) is 4.09. The van der Waals surface area contributed by atoms with Crippen LogP contribution in [0.25, 0.3) is 0 Å². The smallest absolute Gasteiger partial charge is 0.226 e. The van der Waals surface area contributed by atoms with E-state index in [9.17, 15) is 0 Å². The van der Waals surface area contributed by atoms with E-state index in [-0.39, 0.29) is 29.9 Å². The van der Waals surface area contributed by atoms with Gasteiger partial charge in [-0.05, 0) is 18.6 Å². The molecule has 2 N–H and O–H groups in total. The first-order chi connectivity index (χ1) is 13.2. The standard InChI is InChI=1S/C19H27N5O3.HI/c1-13(2)18-23-17(27-24-18)6-4-9-21-19(20-3)22-14-7-8-15-16(12-14)26-11-5-10-25-15;/h7-8,12-13H,4-6,9-11H2,1-3H3,(H2,20,21,22);1H. The van der Waals surface area contributed by atoms with Gasteiger partial charge in [-0.3, -0.25) is 4.99 Å². The SMILES string of the molecule is CN=C(NCCCc1nc(C(C)C)no1)Nc1ccc2c(c1)OCCCO2.I. The van der Waals surface area contributed by atoms with E-state index in [4.69, 9.17) is 14.0 Å². The van der Waals surface area contributed by atoms with E-state index < -0.39 is 0 Å². The minimum Gasteiger partial charge on any atom is -0.490 e. The molecule has 0 atom stereocenters. The van der Waals surface area contributed by atoms with Crippen molar-refractivity contribution in [2.45, 2.75) is 39.0 Å². The Labute approximate surface area is 182 Å². The van der Waals surface area contributed by atoms with Gasteiger partial charge in [0, 0.05) is 44.1 Å². The molecule has 0 fully saturated rings. The Morgan fingerprint density at radius 1 is 1.21 bits per heavy atom. The minimum absolute atomic E-state index is 0. The van der Waals surface area contributed by atoms with Crippen molar-refractivity contribution >= 4 is 35.6 Å². The van der Waals surface area contributed by atoms with Gasteiger partial charge in [0.05, 0.1) is 13.2 Å². The maximum atomic E-state index is 5.72. The van der Waals surface area contributed by atoms with Gasteiger partial charge in [-0.1, -0.05) is 19.0 Å². The molecular formula is C19H28IN5O3. The monoisotopic (exact) mass is 501 g/mol. The molecule has 28 heavy (non-hydrogen) atoms. The van der Waals surface area contributed by atoms with Crippen molar-refractivity contribution in [1.29, 1.82) is 0 Å². The largest absolute Gasteiger partial charge is 0.490 e. The predicted octanol–water partition coefficient (Wildman–Crippen LogP) is 3.59. The molecule has 1 aliphatic heterocycles. The molecule has 0 amide bonds. The maximum absolute atomic E-state index is 5.72. The van der Waals surface area contributed by atoms with Crippen molar-refractivity contribution in [3.05, 3.63) is 29.9 Å². The van der Waals surface area contributed by atoms with Gasteiger partial charge in [0.15, 0.2) is 23.3 Å². The van der Waals surface area contributed by atoms with Crippen LogP contribution in [0.3, 0.4) is 0 Å². The summed E-state index contributed by atoms with van der Waals surface area (Å²) in [5.41, 5.74) is 0.894. The molecule has 0 saturated heterocycles. The second kappa shape index (κ2) is 11.1. The molecule has 9 heteroatoms. The zero-order chi connectivity index (χ0) is 19.1. The topological polar surface area (TPSA) is 93.8 Å². The highest BCUT2D eigenvalue weighted by atomic mass is 127. The Morgan fingerprint density at radius 3 is 2.71 bits per heavy atom. The second-order valence-corrected chi connectivity index (χ2v) is 6.64. The average Bonchev–Trinajstić information content (AvgIpc) is 3.02. The third kappa shape index (κ3) is 6.25. The maximum Gasteiger partial charge on any atom is 0.226 e. The number of fused-ring (bicyclic) bond motifs is 1. The zero-order valence-electron chi connectivity index (χ0n) is 16.5. The zero-order valence-corrected chi connectivity index (χ0v) is 18.9. The van der Waals surface area contributed by atoms with Crippen LogP contribution in [0.15, 0.2) is 27.7 Å². The Balaban J connectivity index is 0.00000280. The van der Waals surface area contributed by atoms with Crippen LogP contribution >= 0.6 is 24.0 Å². The summed E-state index contributed by atoms with van der Waals surface area (Å²) in [4.78, 5) is 8.64. The van der Waals surface area contributed by atoms with Crippen LogP contribution in [0.2, 0.25) is 0 Å². The van der Waals surface area contributed by atoms with E-state index in [2.05, 4.69) is 25.8 Å². The number of nitrogens with one attached hydrogen (secondary N) is 2. The number of guanidine groups is 1. The first-order valence-corrected chi connectivity index (χ1v) is 9.35. The van der Waals surface area contributed by atoms with Gasteiger partial charge < -0.3 is 24.6 Å². The number of nitrogens with zero attached hydrogens (tertiary/aromatic N) is 3. The highest BCUT2D eigenvalue weighted by Crippen LogP contribution is 2.32. The van der Waals surface area contributed by atoms with E-state index in [1.54, 1.807) is 7.05 Å². The Morgan fingerprint density at radius 2 is 2.00 bits per heavy atom. The summed E-state index contributed by atoms with van der Waals surface area (Å²) in [5, 5.41) is 10.5. The van der Waals surface area contributed by atoms with Gasteiger partial charge in [0.25, 0.3) is 0 Å².